The molecule has 3 rings (SSSR count). The van der Waals surface area contributed by atoms with E-state index in [1.807, 2.05) is 0 Å². The summed E-state index contributed by atoms with van der Waals surface area (Å²) in [4.78, 5) is 0. The molecule has 1 N–H and O–H groups in total. The largest absolute Gasteiger partial charge is 0.508 e. The summed E-state index contributed by atoms with van der Waals surface area (Å²) in [5, 5.41) is 10.2. The van der Waals surface area contributed by atoms with Crippen LogP contribution in [0.25, 0.3) is 21.9 Å². The minimum absolute atomic E-state index is 0.0612. The molecule has 0 aromatic heterocycles. The van der Waals surface area contributed by atoms with Crippen molar-refractivity contribution in [3.8, 4) is 16.9 Å². The van der Waals surface area contributed by atoms with Gasteiger partial charge < -0.3 is 5.11 Å². The standard InChI is InChI=1S/C22H21F3O/c1-2-3-4-5-6-14-9-20(24)22(21(25)10-14)16-11-15-7-8-17(26)13-18(15)19(23)12-16/h7-13,26H,2-6H2,1H3. The van der Waals surface area contributed by atoms with Gasteiger partial charge in [-0.3, -0.25) is 0 Å². The SMILES string of the molecule is CCCCCCc1cc(F)c(-c2cc(F)c3cc(O)ccc3c2)c(F)c1. The van der Waals surface area contributed by atoms with E-state index in [9.17, 15) is 18.3 Å². The molecule has 1 nitrogen and oxygen atoms in total. The summed E-state index contributed by atoms with van der Waals surface area (Å²) in [7, 11) is 0. The van der Waals surface area contributed by atoms with E-state index in [0.717, 1.165) is 31.7 Å². The second-order valence-electron chi connectivity index (χ2n) is 6.61. The van der Waals surface area contributed by atoms with Gasteiger partial charge in [0.05, 0.1) is 5.56 Å². The predicted molar refractivity (Wildman–Crippen MR) is 98.8 cm³/mol. The lowest BCUT2D eigenvalue weighted by Crippen LogP contribution is -1.96. The number of rotatable bonds is 6. The molecule has 0 spiro atoms. The monoisotopic (exact) mass is 358 g/mol. The summed E-state index contributed by atoms with van der Waals surface area (Å²) >= 11 is 0. The van der Waals surface area contributed by atoms with Gasteiger partial charge in [-0.2, -0.15) is 0 Å². The number of halogens is 3. The second-order valence-corrected chi connectivity index (χ2v) is 6.61. The molecule has 0 aliphatic rings. The number of hydrogen-bond acceptors (Lipinski definition) is 1. The van der Waals surface area contributed by atoms with E-state index in [4.69, 9.17) is 0 Å². The fourth-order valence-electron chi connectivity index (χ4n) is 3.25. The van der Waals surface area contributed by atoms with Crippen LogP contribution in [-0.2, 0) is 6.42 Å². The topological polar surface area (TPSA) is 20.2 Å². The summed E-state index contributed by atoms with van der Waals surface area (Å²) in [6.07, 6.45) is 4.76. The molecule has 0 saturated heterocycles. The van der Waals surface area contributed by atoms with Crippen LogP contribution in [0.1, 0.15) is 38.2 Å². The van der Waals surface area contributed by atoms with Crippen LogP contribution in [0.15, 0.2) is 42.5 Å². The van der Waals surface area contributed by atoms with Gasteiger partial charge in [-0.1, -0.05) is 32.3 Å². The highest BCUT2D eigenvalue weighted by atomic mass is 19.1. The lowest BCUT2D eigenvalue weighted by Gasteiger charge is -2.11. The van der Waals surface area contributed by atoms with Crippen molar-refractivity contribution >= 4 is 10.8 Å². The Morgan fingerprint density at radius 1 is 0.808 bits per heavy atom. The van der Waals surface area contributed by atoms with Crippen molar-refractivity contribution in [3.63, 3.8) is 0 Å². The summed E-state index contributed by atoms with van der Waals surface area (Å²) in [5.74, 6) is -2.06. The quantitative estimate of drug-likeness (QED) is 0.483. The highest BCUT2D eigenvalue weighted by Gasteiger charge is 2.16. The minimum atomic E-state index is -0.687. The van der Waals surface area contributed by atoms with Crippen LogP contribution in [0.5, 0.6) is 5.75 Å². The van der Waals surface area contributed by atoms with Crippen LogP contribution in [0.4, 0.5) is 13.2 Å². The molecule has 3 aromatic rings. The molecular formula is C22H21F3O. The van der Waals surface area contributed by atoms with Crippen LogP contribution >= 0.6 is 0 Å². The van der Waals surface area contributed by atoms with E-state index in [1.54, 1.807) is 0 Å². The Morgan fingerprint density at radius 3 is 2.23 bits per heavy atom. The highest BCUT2D eigenvalue weighted by Crippen LogP contribution is 2.33. The number of phenolic OH excluding ortho intramolecular Hbond substituents is 1. The van der Waals surface area contributed by atoms with E-state index in [0.29, 0.717) is 17.4 Å². The van der Waals surface area contributed by atoms with Crippen molar-refractivity contribution in [3.05, 3.63) is 65.5 Å². The minimum Gasteiger partial charge on any atom is -0.508 e. The zero-order chi connectivity index (χ0) is 18.7. The van der Waals surface area contributed by atoms with Gasteiger partial charge in [-0.25, -0.2) is 13.2 Å². The normalized spacial score (nSPS) is 11.2. The van der Waals surface area contributed by atoms with Crippen molar-refractivity contribution in [1.82, 2.24) is 0 Å². The van der Waals surface area contributed by atoms with E-state index < -0.39 is 17.5 Å². The van der Waals surface area contributed by atoms with Gasteiger partial charge in [0.1, 0.15) is 23.2 Å². The maximum atomic E-state index is 14.6. The number of benzene rings is 3. The number of aryl methyl sites for hydroxylation is 1. The van der Waals surface area contributed by atoms with Crippen molar-refractivity contribution in [2.24, 2.45) is 0 Å². The van der Waals surface area contributed by atoms with Crippen LogP contribution in [-0.4, -0.2) is 5.11 Å². The van der Waals surface area contributed by atoms with Gasteiger partial charge >= 0.3 is 0 Å². The molecule has 0 radical (unpaired) electrons. The van der Waals surface area contributed by atoms with Crippen LogP contribution in [0, 0.1) is 17.5 Å². The number of unbranched alkanes of at least 4 members (excludes halogenated alkanes) is 3. The Bertz CT molecular complexity index is 911. The molecule has 0 saturated carbocycles. The molecule has 0 aliphatic carbocycles. The molecule has 0 atom stereocenters. The van der Waals surface area contributed by atoms with E-state index in [2.05, 4.69) is 6.92 Å². The van der Waals surface area contributed by atoms with Gasteiger partial charge in [0.2, 0.25) is 0 Å². The average Bonchev–Trinajstić information content (AvgIpc) is 2.59. The van der Waals surface area contributed by atoms with E-state index in [-0.39, 0.29) is 22.3 Å². The number of aromatic hydroxyl groups is 1. The van der Waals surface area contributed by atoms with Gasteiger partial charge in [-0.15, -0.1) is 0 Å². The predicted octanol–water partition coefficient (Wildman–Crippen LogP) is 6.75. The lowest BCUT2D eigenvalue weighted by atomic mass is 9.97. The first-order valence-electron chi connectivity index (χ1n) is 8.90. The summed E-state index contributed by atoms with van der Waals surface area (Å²) < 4.78 is 43.5. The first-order chi connectivity index (χ1) is 12.5. The summed E-state index contributed by atoms with van der Waals surface area (Å²) in [6.45, 7) is 2.11. The molecule has 0 aliphatic heterocycles. The molecule has 4 heteroatoms. The van der Waals surface area contributed by atoms with E-state index >= 15 is 0 Å². The van der Waals surface area contributed by atoms with Crippen molar-refractivity contribution < 1.29 is 18.3 Å². The lowest BCUT2D eigenvalue weighted by molar-refractivity contribution is 0.476. The Balaban J connectivity index is 1.96. The van der Waals surface area contributed by atoms with E-state index in [1.165, 1.54) is 36.4 Å². The smallest absolute Gasteiger partial charge is 0.134 e. The summed E-state index contributed by atoms with van der Waals surface area (Å²) in [5.41, 5.74) is 0.537. The number of phenols is 1. The third kappa shape index (κ3) is 3.85. The fraction of sp³-hybridized carbons (Fsp3) is 0.273. The van der Waals surface area contributed by atoms with Crippen LogP contribution in [0.3, 0.4) is 0 Å². The van der Waals surface area contributed by atoms with Gasteiger partial charge in [0, 0.05) is 5.39 Å². The van der Waals surface area contributed by atoms with Gasteiger partial charge in [0.25, 0.3) is 0 Å². The highest BCUT2D eigenvalue weighted by molar-refractivity contribution is 5.89. The zero-order valence-electron chi connectivity index (χ0n) is 14.7. The average molecular weight is 358 g/mol. The fourth-order valence-corrected chi connectivity index (χ4v) is 3.25. The Hall–Kier alpha value is -2.49. The molecule has 0 unspecified atom stereocenters. The maximum Gasteiger partial charge on any atom is 0.134 e. The Morgan fingerprint density at radius 2 is 1.54 bits per heavy atom. The molecule has 0 bridgehead atoms. The van der Waals surface area contributed by atoms with Gasteiger partial charge in [0.15, 0.2) is 0 Å². The Kier molecular flexibility index (Phi) is 5.50. The van der Waals surface area contributed by atoms with Crippen molar-refractivity contribution in [2.75, 3.05) is 0 Å². The first kappa shape index (κ1) is 18.3. The maximum absolute atomic E-state index is 14.6. The molecule has 26 heavy (non-hydrogen) atoms. The molecule has 0 amide bonds. The zero-order valence-corrected chi connectivity index (χ0v) is 14.7. The molecule has 3 aromatic carbocycles. The first-order valence-corrected chi connectivity index (χ1v) is 8.90. The molecular weight excluding hydrogens is 337 g/mol. The third-order valence-corrected chi connectivity index (χ3v) is 4.60. The third-order valence-electron chi connectivity index (χ3n) is 4.60. The molecule has 0 heterocycles. The second kappa shape index (κ2) is 7.81. The van der Waals surface area contributed by atoms with Gasteiger partial charge in [-0.05, 0) is 65.8 Å². The molecule has 136 valence electrons. The van der Waals surface area contributed by atoms with Crippen LogP contribution < -0.4 is 0 Å². The van der Waals surface area contributed by atoms with Crippen LogP contribution in [0.2, 0.25) is 0 Å². The molecule has 0 fully saturated rings. The van der Waals surface area contributed by atoms with Crippen molar-refractivity contribution in [2.45, 2.75) is 39.0 Å². The summed E-state index contributed by atoms with van der Waals surface area (Å²) in [6, 6.07) is 9.53. The van der Waals surface area contributed by atoms with Crippen molar-refractivity contribution in [1.29, 1.82) is 0 Å². The number of fused-ring (bicyclic) bond motifs is 1. The Labute approximate surface area is 151 Å². The number of hydrogen-bond donors (Lipinski definition) is 1.